The molecule has 0 fully saturated rings. The van der Waals surface area contributed by atoms with Gasteiger partial charge < -0.3 is 14.8 Å². The van der Waals surface area contributed by atoms with Gasteiger partial charge in [-0.15, -0.1) is 11.8 Å². The number of hydrogen-bond donors (Lipinski definition) is 2. The van der Waals surface area contributed by atoms with E-state index >= 15 is 0 Å². The first-order chi connectivity index (χ1) is 12.0. The van der Waals surface area contributed by atoms with Crippen LogP contribution in [0, 0.1) is 11.3 Å². The van der Waals surface area contributed by atoms with Gasteiger partial charge in [-0.1, -0.05) is 12.1 Å². The van der Waals surface area contributed by atoms with Crippen molar-refractivity contribution >= 4 is 17.7 Å². The molecule has 0 saturated heterocycles. The zero-order valence-corrected chi connectivity index (χ0v) is 14.1. The van der Waals surface area contributed by atoms with E-state index in [-0.39, 0.29) is 11.3 Å². The molecule has 0 unspecified atom stereocenters. The van der Waals surface area contributed by atoms with Gasteiger partial charge in [-0.3, -0.25) is 0 Å². The minimum absolute atomic E-state index is 0.163. The van der Waals surface area contributed by atoms with Gasteiger partial charge in [-0.25, -0.2) is 4.79 Å². The fourth-order valence-electron chi connectivity index (χ4n) is 2.55. The molecule has 25 heavy (non-hydrogen) atoms. The Balaban J connectivity index is 2.05. The highest BCUT2D eigenvalue weighted by atomic mass is 32.2. The molecule has 2 aromatic carbocycles. The number of phenols is 1. The molecule has 5 nitrogen and oxygen atoms in total. The van der Waals surface area contributed by atoms with Crippen LogP contribution in [0.5, 0.6) is 5.75 Å². The first-order valence-corrected chi connectivity index (χ1v) is 8.59. The molecule has 124 valence electrons. The van der Waals surface area contributed by atoms with E-state index in [1.165, 1.54) is 12.1 Å². The molecule has 3 rings (SSSR count). The molecule has 0 spiro atoms. The van der Waals surface area contributed by atoms with E-state index in [0.29, 0.717) is 11.3 Å². The van der Waals surface area contributed by atoms with E-state index in [0.717, 1.165) is 16.0 Å². The normalized spacial score (nSPS) is 10.4. The molecule has 0 saturated carbocycles. The van der Waals surface area contributed by atoms with E-state index in [1.807, 2.05) is 30.5 Å². The lowest BCUT2D eigenvalue weighted by Gasteiger charge is -2.05. The van der Waals surface area contributed by atoms with Crippen LogP contribution in [0.3, 0.4) is 0 Å². The van der Waals surface area contributed by atoms with Crippen LogP contribution in [0.2, 0.25) is 0 Å². The molecule has 0 radical (unpaired) electrons. The van der Waals surface area contributed by atoms with Gasteiger partial charge in [-0.05, 0) is 36.1 Å². The van der Waals surface area contributed by atoms with Crippen molar-refractivity contribution in [2.45, 2.75) is 4.90 Å². The Hall–Kier alpha value is -3.17. The van der Waals surface area contributed by atoms with Gasteiger partial charge in [0.25, 0.3) is 0 Å². The summed E-state index contributed by atoms with van der Waals surface area (Å²) < 4.78 is 1.70. The second-order valence-electron chi connectivity index (χ2n) is 5.34. The first-order valence-electron chi connectivity index (χ1n) is 7.36. The van der Waals surface area contributed by atoms with Crippen molar-refractivity contribution in [1.82, 2.24) is 4.57 Å². The van der Waals surface area contributed by atoms with Crippen LogP contribution in [0.4, 0.5) is 0 Å². The van der Waals surface area contributed by atoms with Gasteiger partial charge in [0.1, 0.15) is 17.4 Å². The van der Waals surface area contributed by atoms with Crippen LogP contribution in [0.1, 0.15) is 15.9 Å². The lowest BCUT2D eigenvalue weighted by molar-refractivity contribution is 0.0694. The molecule has 0 atom stereocenters. The lowest BCUT2D eigenvalue weighted by Crippen LogP contribution is -1.98. The number of hydrogen-bond acceptors (Lipinski definition) is 4. The number of aromatic nitrogens is 1. The zero-order chi connectivity index (χ0) is 18.0. The van der Waals surface area contributed by atoms with Crippen molar-refractivity contribution in [3.05, 3.63) is 66.0 Å². The van der Waals surface area contributed by atoms with Crippen LogP contribution in [-0.4, -0.2) is 27.0 Å². The SMILES string of the molecule is CSc1ccc(-c2cn(-c3ccc(C(=O)O)c(O)c3)cc2C#N)cc1. The highest BCUT2D eigenvalue weighted by Gasteiger charge is 2.13. The Kier molecular flexibility index (Phi) is 4.50. The van der Waals surface area contributed by atoms with Gasteiger partial charge in [0.2, 0.25) is 0 Å². The summed E-state index contributed by atoms with van der Waals surface area (Å²) in [7, 11) is 0. The van der Waals surface area contributed by atoms with Gasteiger partial charge in [0.15, 0.2) is 0 Å². The average Bonchev–Trinajstić information content (AvgIpc) is 3.05. The summed E-state index contributed by atoms with van der Waals surface area (Å²) in [5.41, 5.74) is 2.60. The minimum atomic E-state index is -1.19. The summed E-state index contributed by atoms with van der Waals surface area (Å²) in [6.45, 7) is 0. The number of aromatic hydroxyl groups is 1. The molecule has 0 bridgehead atoms. The standard InChI is InChI=1S/C19H14N2O3S/c1-25-15-5-2-12(3-6-15)17-11-21(10-13(17)9-20)14-4-7-16(19(23)24)18(22)8-14/h2-8,10-11,22H,1H3,(H,23,24). The predicted molar refractivity (Wildman–Crippen MR) is 96.3 cm³/mol. The molecule has 0 aliphatic heterocycles. The quantitative estimate of drug-likeness (QED) is 0.691. The van der Waals surface area contributed by atoms with E-state index < -0.39 is 5.97 Å². The Bertz CT molecular complexity index is 985. The fraction of sp³-hybridized carbons (Fsp3) is 0.0526. The topological polar surface area (TPSA) is 86.2 Å². The van der Waals surface area contributed by atoms with Crippen LogP contribution in [0.25, 0.3) is 16.8 Å². The van der Waals surface area contributed by atoms with Crippen molar-refractivity contribution in [2.24, 2.45) is 0 Å². The van der Waals surface area contributed by atoms with E-state index in [2.05, 4.69) is 6.07 Å². The average molecular weight is 350 g/mol. The number of benzene rings is 2. The molecule has 0 aliphatic rings. The fourth-order valence-corrected chi connectivity index (χ4v) is 2.96. The van der Waals surface area contributed by atoms with Crippen molar-refractivity contribution < 1.29 is 15.0 Å². The third-order valence-corrected chi connectivity index (χ3v) is 4.60. The number of carboxylic acid groups (broad SMARTS) is 1. The monoisotopic (exact) mass is 350 g/mol. The first kappa shape index (κ1) is 16.7. The summed E-state index contributed by atoms with van der Waals surface area (Å²) in [5.74, 6) is -1.51. The largest absolute Gasteiger partial charge is 0.507 e. The van der Waals surface area contributed by atoms with E-state index in [1.54, 1.807) is 34.8 Å². The molecular weight excluding hydrogens is 336 g/mol. The van der Waals surface area contributed by atoms with Crippen molar-refractivity contribution in [3.63, 3.8) is 0 Å². The number of aromatic carboxylic acids is 1. The highest BCUT2D eigenvalue weighted by molar-refractivity contribution is 7.98. The van der Waals surface area contributed by atoms with Crippen LogP contribution in [-0.2, 0) is 0 Å². The van der Waals surface area contributed by atoms with Crippen molar-refractivity contribution in [1.29, 1.82) is 5.26 Å². The maximum absolute atomic E-state index is 11.0. The number of nitrogens with zero attached hydrogens (tertiary/aromatic N) is 2. The van der Waals surface area contributed by atoms with Gasteiger partial charge in [-0.2, -0.15) is 5.26 Å². The molecular formula is C19H14N2O3S. The van der Waals surface area contributed by atoms with Crippen molar-refractivity contribution in [3.8, 4) is 28.6 Å². The Morgan fingerprint density at radius 2 is 1.88 bits per heavy atom. The third kappa shape index (κ3) is 3.23. The number of carboxylic acids is 1. The zero-order valence-electron chi connectivity index (χ0n) is 13.3. The molecule has 2 N–H and O–H groups in total. The number of carbonyl (C=O) groups is 1. The smallest absolute Gasteiger partial charge is 0.339 e. The third-order valence-electron chi connectivity index (χ3n) is 3.86. The second kappa shape index (κ2) is 6.75. The Morgan fingerprint density at radius 3 is 2.44 bits per heavy atom. The molecule has 0 aliphatic carbocycles. The number of rotatable bonds is 4. The van der Waals surface area contributed by atoms with Crippen LogP contribution >= 0.6 is 11.8 Å². The summed E-state index contributed by atoms with van der Waals surface area (Å²) in [6.07, 6.45) is 5.45. The maximum atomic E-state index is 11.0. The summed E-state index contributed by atoms with van der Waals surface area (Å²) >= 11 is 1.64. The molecule has 1 aromatic heterocycles. The van der Waals surface area contributed by atoms with E-state index in [9.17, 15) is 15.2 Å². The van der Waals surface area contributed by atoms with Crippen LogP contribution < -0.4 is 0 Å². The lowest BCUT2D eigenvalue weighted by atomic mass is 10.1. The summed E-state index contributed by atoms with van der Waals surface area (Å²) in [5, 5.41) is 28.3. The molecule has 1 heterocycles. The number of nitriles is 1. The van der Waals surface area contributed by atoms with Crippen LogP contribution in [0.15, 0.2) is 59.8 Å². The van der Waals surface area contributed by atoms with Gasteiger partial charge >= 0.3 is 5.97 Å². The Labute approximate surface area is 148 Å². The van der Waals surface area contributed by atoms with E-state index in [4.69, 9.17) is 5.11 Å². The van der Waals surface area contributed by atoms with Gasteiger partial charge in [0, 0.05) is 34.6 Å². The Morgan fingerprint density at radius 1 is 1.16 bits per heavy atom. The highest BCUT2D eigenvalue weighted by Crippen LogP contribution is 2.29. The molecule has 0 amide bonds. The molecule has 3 aromatic rings. The maximum Gasteiger partial charge on any atom is 0.339 e. The number of thioether (sulfide) groups is 1. The summed E-state index contributed by atoms with van der Waals surface area (Å²) in [4.78, 5) is 12.1. The summed E-state index contributed by atoms with van der Waals surface area (Å²) in [6, 6.07) is 14.4. The molecule has 6 heteroatoms. The second-order valence-corrected chi connectivity index (χ2v) is 6.22. The predicted octanol–water partition coefficient (Wildman–Crippen LogP) is 4.14. The van der Waals surface area contributed by atoms with Gasteiger partial charge in [0.05, 0.1) is 5.56 Å². The van der Waals surface area contributed by atoms with Crippen molar-refractivity contribution in [2.75, 3.05) is 6.26 Å². The minimum Gasteiger partial charge on any atom is -0.507 e.